The third kappa shape index (κ3) is 2.27. The zero-order valence-electron chi connectivity index (χ0n) is 12.1. The average Bonchev–Trinajstić information content (AvgIpc) is 3.04. The van der Waals surface area contributed by atoms with Gasteiger partial charge in [0.25, 0.3) is 5.56 Å². The Kier molecular flexibility index (Phi) is 3.78. The maximum absolute atomic E-state index is 12.0. The minimum Gasteiger partial charge on any atom is -0.394 e. The molecule has 1 aliphatic rings. The highest BCUT2D eigenvalue weighted by molar-refractivity contribution is 5.83. The van der Waals surface area contributed by atoms with Gasteiger partial charge in [0, 0.05) is 13.3 Å². The van der Waals surface area contributed by atoms with E-state index in [-0.39, 0.29) is 22.5 Å². The molecule has 0 amide bonds. The number of aromatic amines is 1. The molecule has 0 unspecified atom stereocenters. The quantitative estimate of drug-likeness (QED) is 0.528. The highest BCUT2D eigenvalue weighted by Crippen LogP contribution is 2.34. The molecule has 2 aromatic rings. The fraction of sp³-hybridized carbons (Fsp3) is 0.462. The predicted octanol–water partition coefficient (Wildman–Crippen LogP) is -1.56. The van der Waals surface area contributed by atoms with E-state index in [2.05, 4.69) is 9.97 Å². The number of hydrogen-bond acceptors (Lipinski definition) is 8. The number of H-pyrrole nitrogens is 1. The summed E-state index contributed by atoms with van der Waals surface area (Å²) < 4.78 is 12.2. The molecule has 0 aliphatic carbocycles. The van der Waals surface area contributed by atoms with Crippen molar-refractivity contribution in [3.8, 4) is 6.07 Å². The highest BCUT2D eigenvalue weighted by Gasteiger charge is 2.45. The first kappa shape index (κ1) is 15.4. The van der Waals surface area contributed by atoms with E-state index in [1.807, 2.05) is 6.07 Å². The van der Waals surface area contributed by atoms with Crippen LogP contribution in [-0.2, 0) is 9.47 Å². The van der Waals surface area contributed by atoms with E-state index in [1.54, 1.807) is 0 Å². The number of ether oxygens (including phenoxy) is 2. The lowest BCUT2D eigenvalue weighted by Gasteiger charge is -2.20. The number of methoxy groups -OCH3 is 1. The SMILES string of the molecule is CO[C@@H]1[C@H](O)[C@@H](CO)O[C@H]1n1cc(C#N)c2c(=O)[nH]c(N)nc21. The van der Waals surface area contributed by atoms with E-state index in [4.69, 9.17) is 15.2 Å². The molecular weight excluding hydrogens is 306 g/mol. The van der Waals surface area contributed by atoms with Crippen molar-refractivity contribution >= 4 is 17.0 Å². The van der Waals surface area contributed by atoms with Crippen molar-refractivity contribution in [2.24, 2.45) is 0 Å². The largest absolute Gasteiger partial charge is 0.394 e. The number of rotatable bonds is 3. The monoisotopic (exact) mass is 321 g/mol. The average molecular weight is 321 g/mol. The number of hydrogen-bond donors (Lipinski definition) is 4. The summed E-state index contributed by atoms with van der Waals surface area (Å²) in [4.78, 5) is 18.4. The van der Waals surface area contributed by atoms with Crippen LogP contribution in [0.3, 0.4) is 0 Å². The van der Waals surface area contributed by atoms with Gasteiger partial charge in [0.1, 0.15) is 29.8 Å². The molecule has 1 aliphatic heterocycles. The molecule has 23 heavy (non-hydrogen) atoms. The molecule has 0 radical (unpaired) electrons. The highest BCUT2D eigenvalue weighted by atomic mass is 16.6. The maximum atomic E-state index is 12.0. The number of nitriles is 1. The topological polar surface area (TPSA) is 159 Å². The molecule has 0 saturated carbocycles. The third-order valence-electron chi connectivity index (χ3n) is 3.86. The van der Waals surface area contributed by atoms with E-state index in [9.17, 15) is 20.3 Å². The third-order valence-corrected chi connectivity index (χ3v) is 3.86. The van der Waals surface area contributed by atoms with Gasteiger partial charge < -0.3 is 30.0 Å². The van der Waals surface area contributed by atoms with Crippen LogP contribution < -0.4 is 11.3 Å². The fourth-order valence-electron chi connectivity index (χ4n) is 2.80. The summed E-state index contributed by atoms with van der Waals surface area (Å²) in [5.74, 6) is -0.113. The lowest BCUT2D eigenvalue weighted by Crippen LogP contribution is -2.34. The van der Waals surface area contributed by atoms with Gasteiger partial charge >= 0.3 is 0 Å². The number of nitrogens with zero attached hydrogens (tertiary/aromatic N) is 3. The lowest BCUT2D eigenvalue weighted by molar-refractivity contribution is -0.0580. The molecule has 0 bridgehead atoms. The van der Waals surface area contributed by atoms with Crippen molar-refractivity contribution in [1.29, 1.82) is 5.26 Å². The van der Waals surface area contributed by atoms with Gasteiger partial charge in [-0.25, -0.2) is 0 Å². The van der Waals surface area contributed by atoms with Gasteiger partial charge in [-0.15, -0.1) is 0 Å². The predicted molar refractivity (Wildman–Crippen MR) is 77.3 cm³/mol. The number of aromatic nitrogens is 3. The van der Waals surface area contributed by atoms with Crippen molar-refractivity contribution in [3.63, 3.8) is 0 Å². The van der Waals surface area contributed by atoms with Crippen LogP contribution in [0.25, 0.3) is 11.0 Å². The van der Waals surface area contributed by atoms with E-state index < -0.39 is 36.7 Å². The Balaban J connectivity index is 2.21. The second-order valence-corrected chi connectivity index (χ2v) is 5.15. The Morgan fingerprint density at radius 1 is 1.65 bits per heavy atom. The molecule has 3 rings (SSSR count). The van der Waals surface area contributed by atoms with Gasteiger partial charge in [0.05, 0.1) is 12.2 Å². The standard InChI is InChI=1S/C13H15N5O5/c1-22-9-8(20)6(4-19)23-12(9)18-3-5(2-14)7-10(18)16-13(15)17-11(7)21/h3,6,8-9,12,19-20H,4H2,1H3,(H3,15,16,17,21)/t6-,8-,9-,12-/m1/s1. The Bertz CT molecular complexity index is 838. The molecule has 4 atom stereocenters. The van der Waals surface area contributed by atoms with Crippen LogP contribution in [-0.4, -0.2) is 56.8 Å². The maximum Gasteiger partial charge on any atom is 0.263 e. The van der Waals surface area contributed by atoms with E-state index >= 15 is 0 Å². The van der Waals surface area contributed by atoms with Crippen LogP contribution in [0.5, 0.6) is 0 Å². The second kappa shape index (κ2) is 5.64. The number of nitrogens with two attached hydrogens (primary N) is 1. The van der Waals surface area contributed by atoms with E-state index in [0.717, 1.165) is 0 Å². The van der Waals surface area contributed by atoms with Crippen molar-refractivity contribution in [2.75, 3.05) is 19.5 Å². The molecule has 1 fully saturated rings. The summed E-state index contributed by atoms with van der Waals surface area (Å²) in [5, 5.41) is 28.7. The van der Waals surface area contributed by atoms with Gasteiger partial charge in [-0.05, 0) is 0 Å². The summed E-state index contributed by atoms with van der Waals surface area (Å²) >= 11 is 0. The van der Waals surface area contributed by atoms with Crippen molar-refractivity contribution in [2.45, 2.75) is 24.5 Å². The van der Waals surface area contributed by atoms with E-state index in [1.165, 1.54) is 17.9 Å². The van der Waals surface area contributed by atoms with Crippen molar-refractivity contribution in [1.82, 2.24) is 14.5 Å². The number of aliphatic hydroxyl groups is 2. The molecule has 10 nitrogen and oxygen atoms in total. The molecule has 5 N–H and O–H groups in total. The zero-order chi connectivity index (χ0) is 16.7. The first-order valence-corrected chi connectivity index (χ1v) is 6.79. The van der Waals surface area contributed by atoms with Crippen LogP contribution in [0.2, 0.25) is 0 Å². The summed E-state index contributed by atoms with van der Waals surface area (Å²) in [6, 6.07) is 1.91. The molecule has 10 heteroatoms. The van der Waals surface area contributed by atoms with Gasteiger partial charge in [-0.1, -0.05) is 0 Å². The van der Waals surface area contributed by atoms with Crippen LogP contribution in [0.4, 0.5) is 5.95 Å². The molecule has 0 spiro atoms. The number of nitrogens with one attached hydrogen (secondary N) is 1. The van der Waals surface area contributed by atoms with Crippen LogP contribution in [0, 0.1) is 11.3 Å². The molecular formula is C13H15N5O5. The minimum atomic E-state index is -1.07. The molecule has 0 aromatic carbocycles. The first-order valence-electron chi connectivity index (χ1n) is 6.79. The van der Waals surface area contributed by atoms with Crippen LogP contribution in [0.15, 0.2) is 11.0 Å². The summed E-state index contributed by atoms with van der Waals surface area (Å²) in [6.07, 6.45) is -2.22. The summed E-state index contributed by atoms with van der Waals surface area (Å²) in [6.45, 7) is -0.405. The van der Waals surface area contributed by atoms with Crippen molar-refractivity contribution < 1.29 is 19.7 Å². The first-order chi connectivity index (χ1) is 11.0. The number of nitrogen functional groups attached to an aromatic ring is 1. The number of anilines is 1. The van der Waals surface area contributed by atoms with Gasteiger partial charge in [0.2, 0.25) is 5.95 Å². The molecule has 1 saturated heterocycles. The fourth-order valence-corrected chi connectivity index (χ4v) is 2.80. The minimum absolute atomic E-state index is 0.0714. The van der Waals surface area contributed by atoms with Gasteiger partial charge in [0.15, 0.2) is 11.9 Å². The Hall–Kier alpha value is -2.45. The molecule has 3 heterocycles. The smallest absolute Gasteiger partial charge is 0.263 e. The van der Waals surface area contributed by atoms with Gasteiger partial charge in [-0.2, -0.15) is 10.2 Å². The summed E-state index contributed by atoms with van der Waals surface area (Å²) in [7, 11) is 1.38. The normalized spacial score (nSPS) is 27.4. The number of aliphatic hydroxyl groups excluding tert-OH is 2. The zero-order valence-corrected chi connectivity index (χ0v) is 12.1. The van der Waals surface area contributed by atoms with Gasteiger partial charge in [-0.3, -0.25) is 9.78 Å². The molecule has 2 aromatic heterocycles. The Morgan fingerprint density at radius 2 is 2.39 bits per heavy atom. The van der Waals surface area contributed by atoms with E-state index in [0.29, 0.717) is 0 Å². The number of fused-ring (bicyclic) bond motifs is 1. The lowest BCUT2D eigenvalue weighted by atomic mass is 10.1. The van der Waals surface area contributed by atoms with Crippen LogP contribution in [0.1, 0.15) is 11.8 Å². The van der Waals surface area contributed by atoms with Crippen LogP contribution >= 0.6 is 0 Å². The van der Waals surface area contributed by atoms with Crippen molar-refractivity contribution in [3.05, 3.63) is 22.1 Å². The second-order valence-electron chi connectivity index (χ2n) is 5.15. The molecule has 122 valence electrons. The Morgan fingerprint density at radius 3 is 3.00 bits per heavy atom. The Labute approximate surface area is 129 Å². The summed E-state index contributed by atoms with van der Waals surface area (Å²) in [5.41, 5.74) is 5.25.